The highest BCUT2D eigenvalue weighted by Crippen LogP contribution is 2.59. The zero-order chi connectivity index (χ0) is 37.1. The van der Waals surface area contributed by atoms with Gasteiger partial charge in [0.15, 0.2) is 31.0 Å². The van der Waals surface area contributed by atoms with Crippen LogP contribution in [-0.4, -0.2) is 54.9 Å². The Morgan fingerprint density at radius 3 is 2.12 bits per heavy atom. The number of rotatable bonds is 7. The normalized spacial score (nSPS) is 23.3. The number of ether oxygens (including phenoxy) is 3. The fourth-order valence-corrected chi connectivity index (χ4v) is 12.3. The van der Waals surface area contributed by atoms with Gasteiger partial charge in [-0.1, -0.05) is 42.5 Å². The van der Waals surface area contributed by atoms with E-state index < -0.39 is 75.8 Å². The van der Waals surface area contributed by atoms with Crippen molar-refractivity contribution >= 4 is 126 Å². The van der Waals surface area contributed by atoms with Gasteiger partial charge < -0.3 is 18.8 Å². The van der Waals surface area contributed by atoms with Crippen molar-refractivity contribution in [2.24, 2.45) is 23.7 Å². The first kappa shape index (κ1) is 37.8. The molecule has 0 N–H and O–H groups in total. The van der Waals surface area contributed by atoms with Gasteiger partial charge in [0.2, 0.25) is 0 Å². The first-order valence-corrected chi connectivity index (χ1v) is 21.6. The molecule has 2 bridgehead atoms. The molecular formula is C36H25F2I3O9S2. The van der Waals surface area contributed by atoms with Crippen LogP contribution in [0.15, 0.2) is 91.0 Å². The number of fused-ring (bicyclic) bond motifs is 4. The maximum absolute atomic E-state index is 13.4. The van der Waals surface area contributed by atoms with Crippen LogP contribution in [0.2, 0.25) is 0 Å². The number of hydrogen-bond acceptors (Lipinski definition) is 9. The number of hydrogen-bond donors (Lipinski definition) is 0. The molecule has 3 fully saturated rings. The third-order valence-corrected chi connectivity index (χ3v) is 16.4. The van der Waals surface area contributed by atoms with Gasteiger partial charge in [0.05, 0.1) is 17.4 Å². The van der Waals surface area contributed by atoms with Crippen LogP contribution in [0.25, 0.3) is 25.1 Å². The Balaban J connectivity index is 0.000000186. The Labute approximate surface area is 339 Å². The van der Waals surface area contributed by atoms with Gasteiger partial charge >= 0.3 is 23.2 Å². The van der Waals surface area contributed by atoms with Gasteiger partial charge in [-0.25, -0.2) is 13.2 Å². The molecule has 5 aromatic rings. The minimum atomic E-state index is -6.05. The second-order valence-corrected chi connectivity index (χ2v) is 19.4. The monoisotopic (exact) mass is 1080 g/mol. The van der Waals surface area contributed by atoms with E-state index in [0.717, 1.165) is 7.14 Å². The van der Waals surface area contributed by atoms with Crippen molar-refractivity contribution in [2.75, 3.05) is 6.61 Å². The molecule has 16 heteroatoms. The average molecular weight is 1080 g/mol. The standard InChI is InChI=1S/C18H13F2I3O9S.C18H13S/c19-18(20,33(27,28)29)4-30-16(25)10-6-3-7-11(10)17(26)32-14(7)13(6)31-15(24)8-1-5(21)2-9(22)12(8)23;1-2-8-14(9-3-1)19-17-12-6-4-10-15(17)16-11-5-7-13-18(16)19/h1-2,6-7,10-11,13-14H,3-4H2,(H,27,28,29);1-13H/q;+1/p-1. The summed E-state index contributed by atoms with van der Waals surface area (Å²) in [5, 5.41) is -2.03. The van der Waals surface area contributed by atoms with Crippen LogP contribution < -0.4 is 0 Å². The van der Waals surface area contributed by atoms with Crippen LogP contribution in [0, 0.1) is 34.4 Å². The zero-order valence-corrected chi connectivity index (χ0v) is 34.5. The summed E-state index contributed by atoms with van der Waals surface area (Å²) in [6, 6.07) is 31.9. The molecule has 6 atom stereocenters. The molecule has 2 heterocycles. The highest BCUT2D eigenvalue weighted by Gasteiger charge is 2.70. The number of esters is 3. The summed E-state index contributed by atoms with van der Waals surface area (Å²) in [5.41, 5.74) is 0.287. The van der Waals surface area contributed by atoms with Crippen LogP contribution in [0.1, 0.15) is 16.8 Å². The molecule has 0 amide bonds. The lowest BCUT2D eigenvalue weighted by atomic mass is 9.78. The molecule has 2 aliphatic carbocycles. The molecule has 1 aromatic heterocycles. The van der Waals surface area contributed by atoms with Crippen molar-refractivity contribution in [1.82, 2.24) is 0 Å². The van der Waals surface area contributed by atoms with Gasteiger partial charge in [-0.05, 0) is 123 Å². The van der Waals surface area contributed by atoms with Gasteiger partial charge in [-0.2, -0.15) is 8.78 Å². The molecule has 8 rings (SSSR count). The van der Waals surface area contributed by atoms with Gasteiger partial charge in [-0.3, -0.25) is 9.59 Å². The molecule has 52 heavy (non-hydrogen) atoms. The van der Waals surface area contributed by atoms with Crippen molar-refractivity contribution in [3.63, 3.8) is 0 Å². The number of carbonyl (C=O) groups excluding carboxylic acids is 3. The highest BCUT2D eigenvalue weighted by molar-refractivity contribution is 14.1. The SMILES string of the molecule is O=C(OC1C2CC3C1OC(=O)C3C2C(=O)OCC(F)(F)S(=O)(=O)[O-])c1cc(I)cc(I)c1I.c1ccc(-[s+]2c3ccccc3c3ccccc32)cc1. The maximum Gasteiger partial charge on any atom is 0.367 e. The van der Waals surface area contributed by atoms with E-state index in [9.17, 15) is 36.1 Å². The summed E-state index contributed by atoms with van der Waals surface area (Å²) in [4.78, 5) is 39.2. The van der Waals surface area contributed by atoms with Crippen molar-refractivity contribution in [3.8, 4) is 4.90 Å². The molecule has 2 saturated carbocycles. The summed E-state index contributed by atoms with van der Waals surface area (Å²) in [6.45, 7) is -1.97. The van der Waals surface area contributed by atoms with Crippen molar-refractivity contribution in [1.29, 1.82) is 0 Å². The summed E-state index contributed by atoms with van der Waals surface area (Å²) in [7, 11) is -5.99. The van der Waals surface area contributed by atoms with E-state index in [1.165, 1.54) is 25.1 Å². The lowest BCUT2D eigenvalue weighted by Crippen LogP contribution is -2.45. The van der Waals surface area contributed by atoms with Crippen LogP contribution in [0.5, 0.6) is 0 Å². The minimum Gasteiger partial charge on any atom is -0.743 e. The highest BCUT2D eigenvalue weighted by atomic mass is 127. The fraction of sp³-hybridized carbons (Fsp3) is 0.250. The Morgan fingerprint density at radius 1 is 0.904 bits per heavy atom. The summed E-state index contributed by atoms with van der Waals surface area (Å²) in [5.74, 6) is -6.16. The molecule has 3 aliphatic rings. The van der Waals surface area contributed by atoms with E-state index >= 15 is 0 Å². The van der Waals surface area contributed by atoms with Crippen molar-refractivity contribution in [3.05, 3.63) is 107 Å². The topological polar surface area (TPSA) is 136 Å². The van der Waals surface area contributed by atoms with Crippen LogP contribution in [0.3, 0.4) is 0 Å². The molecule has 6 unspecified atom stereocenters. The molecule has 1 saturated heterocycles. The predicted molar refractivity (Wildman–Crippen MR) is 213 cm³/mol. The second kappa shape index (κ2) is 14.6. The zero-order valence-electron chi connectivity index (χ0n) is 26.4. The van der Waals surface area contributed by atoms with Gasteiger partial charge in [0.1, 0.15) is 12.2 Å². The average Bonchev–Trinajstić information content (AvgIpc) is 3.83. The van der Waals surface area contributed by atoms with E-state index in [2.05, 4.69) is 106 Å². The third-order valence-electron chi connectivity index (χ3n) is 9.51. The lowest BCUT2D eigenvalue weighted by Gasteiger charge is -2.30. The van der Waals surface area contributed by atoms with Crippen molar-refractivity contribution < 1.29 is 50.3 Å². The largest absolute Gasteiger partial charge is 0.743 e. The Kier molecular flexibility index (Phi) is 10.6. The Morgan fingerprint density at radius 2 is 1.50 bits per heavy atom. The van der Waals surface area contributed by atoms with Gasteiger partial charge in [-0.15, -0.1) is 0 Å². The molecular weight excluding hydrogens is 1060 g/mol. The fourth-order valence-electron chi connectivity index (χ4n) is 7.35. The molecule has 0 radical (unpaired) electrons. The van der Waals surface area contributed by atoms with Crippen LogP contribution >= 0.6 is 78.2 Å². The van der Waals surface area contributed by atoms with E-state index in [1.54, 1.807) is 6.07 Å². The number of carbonyl (C=O) groups is 3. The second-order valence-electron chi connectivity index (χ2n) is 12.4. The molecule has 9 nitrogen and oxygen atoms in total. The van der Waals surface area contributed by atoms with E-state index in [4.69, 9.17) is 9.47 Å². The first-order valence-electron chi connectivity index (χ1n) is 15.7. The lowest BCUT2D eigenvalue weighted by molar-refractivity contribution is -0.161. The van der Waals surface area contributed by atoms with E-state index in [0.29, 0.717) is 3.57 Å². The summed E-state index contributed by atoms with van der Waals surface area (Å²) in [6.07, 6.45) is -1.52. The summed E-state index contributed by atoms with van der Waals surface area (Å²) >= 11 is 6.11. The Bertz CT molecular complexity index is 2300. The van der Waals surface area contributed by atoms with E-state index in [-0.39, 0.29) is 22.5 Å². The number of benzene rings is 4. The maximum atomic E-state index is 13.4. The quantitative estimate of drug-likeness (QED) is 0.0395. The summed E-state index contributed by atoms with van der Waals surface area (Å²) < 4.78 is 79.4. The predicted octanol–water partition coefficient (Wildman–Crippen LogP) is 8.25. The Hall–Kier alpha value is -2.53. The number of halogens is 5. The third kappa shape index (κ3) is 6.83. The van der Waals surface area contributed by atoms with Gasteiger partial charge in [0, 0.05) is 43.8 Å². The van der Waals surface area contributed by atoms with Crippen LogP contribution in [0.4, 0.5) is 8.78 Å². The molecule has 0 spiro atoms. The van der Waals surface area contributed by atoms with E-state index in [1.807, 2.05) is 51.2 Å². The minimum absolute atomic E-state index is 0.0594. The molecule has 1 aliphatic heterocycles. The van der Waals surface area contributed by atoms with Gasteiger partial charge in [0.25, 0.3) is 0 Å². The number of thiophene rings is 1. The van der Waals surface area contributed by atoms with Crippen LogP contribution in [-0.2, 0) is 33.9 Å². The molecule has 270 valence electrons. The first-order chi connectivity index (χ1) is 24.7. The smallest absolute Gasteiger partial charge is 0.367 e. The molecule has 4 aromatic carbocycles. The van der Waals surface area contributed by atoms with Crippen molar-refractivity contribution in [2.45, 2.75) is 23.9 Å². The number of alkyl halides is 2.